The van der Waals surface area contributed by atoms with E-state index < -0.39 is 10.2 Å². The van der Waals surface area contributed by atoms with Crippen LogP contribution in [0, 0.1) is 30.6 Å². The van der Waals surface area contributed by atoms with Gasteiger partial charge >= 0.3 is 17.1 Å². The zero-order chi connectivity index (χ0) is 23.9. The Labute approximate surface area is 228 Å². The van der Waals surface area contributed by atoms with Gasteiger partial charge in [0.2, 0.25) is 0 Å². The molecule has 1 radical (unpaired) electrons. The van der Waals surface area contributed by atoms with E-state index in [1.165, 1.54) is 64.2 Å². The van der Waals surface area contributed by atoms with Crippen molar-refractivity contribution < 1.29 is 49.1 Å². The van der Waals surface area contributed by atoms with Gasteiger partial charge in [0.15, 0.2) is 0 Å². The predicted molar refractivity (Wildman–Crippen MR) is 138 cm³/mol. The number of fused-ring (bicyclic) bond motifs is 2. The maximum absolute atomic E-state index is 8.25. The van der Waals surface area contributed by atoms with E-state index in [9.17, 15) is 0 Å². The molecule has 1 heterocycles. The molecule has 229 valence electrons. The molecule has 0 unspecified atom stereocenters. The first-order valence-corrected chi connectivity index (χ1v) is 11.8. The fraction of sp³-hybridized carbons (Fsp3) is 1.00. The summed E-state index contributed by atoms with van der Waals surface area (Å²) in [6, 6.07) is 3.91. The molecule has 0 aromatic rings. The Morgan fingerprint density at radius 3 is 1.05 bits per heavy atom. The van der Waals surface area contributed by atoms with E-state index in [1.807, 2.05) is 0 Å². The van der Waals surface area contributed by atoms with Crippen LogP contribution in [0.1, 0.15) is 78.1 Å². The molecule has 0 bridgehead atoms. The fourth-order valence-corrected chi connectivity index (χ4v) is 5.02. The Morgan fingerprint density at radius 1 is 0.541 bits per heavy atom. The second kappa shape index (κ2) is 26.2. The van der Waals surface area contributed by atoms with E-state index in [2.05, 4.69) is 35.1 Å². The summed E-state index contributed by atoms with van der Waals surface area (Å²) in [5, 5.41) is 45.1. The van der Waals surface area contributed by atoms with Crippen molar-refractivity contribution >= 4 is 0 Å². The average molecular weight is 596 g/mol. The van der Waals surface area contributed by atoms with E-state index in [0.29, 0.717) is 36.3 Å². The van der Waals surface area contributed by atoms with E-state index in [1.54, 1.807) is 0 Å². The summed E-state index contributed by atoms with van der Waals surface area (Å²) in [6.45, 7) is 7.04. The summed E-state index contributed by atoms with van der Waals surface area (Å²) < 4.78 is 0. The van der Waals surface area contributed by atoms with Crippen molar-refractivity contribution in [2.24, 2.45) is 0 Å². The molecule has 37 heavy (non-hydrogen) atoms. The molecule has 0 aromatic carbocycles. The van der Waals surface area contributed by atoms with Crippen LogP contribution in [-0.2, 0) is 17.1 Å². The molecule has 2 aliphatic carbocycles. The van der Waals surface area contributed by atoms with Crippen molar-refractivity contribution in [2.45, 2.75) is 114 Å². The van der Waals surface area contributed by atoms with E-state index in [4.69, 9.17) is 30.6 Å². The largest absolute Gasteiger partial charge is 2.00 e. The van der Waals surface area contributed by atoms with E-state index in [-0.39, 0.29) is 39.0 Å². The van der Waals surface area contributed by atoms with Crippen LogP contribution < -0.4 is 21.3 Å². The maximum atomic E-state index is 8.25. The average Bonchev–Trinajstić information content (AvgIpc) is 2.69. The van der Waals surface area contributed by atoms with Crippen LogP contribution in [0.4, 0.5) is 0 Å². The Hall–Kier alpha value is -1.40. The SMILES string of the molecule is C[C@@H]1CCN[C@H]2CCCC[C@@H]2N[C@@H](C)CCN[C@@H]2CCCC[C@H]2N1.O.O.O.O.O=[N+]([O-])[O-].O=[N+]([O-])[O-].[Cu+2]. The van der Waals surface area contributed by atoms with E-state index in [0.717, 1.165) is 13.1 Å². The van der Waals surface area contributed by atoms with Gasteiger partial charge in [0, 0.05) is 36.3 Å². The van der Waals surface area contributed by atoms with Crippen LogP contribution in [0.5, 0.6) is 0 Å². The molecule has 1 aliphatic heterocycles. The van der Waals surface area contributed by atoms with Crippen LogP contribution in [0.3, 0.4) is 0 Å². The molecule has 3 fully saturated rings. The molecule has 3 aliphatic rings. The summed E-state index contributed by atoms with van der Waals surface area (Å²) in [6.07, 6.45) is 13.4. The minimum atomic E-state index is -1.75. The Balaban J connectivity index is -0.000000233. The number of rotatable bonds is 0. The van der Waals surface area contributed by atoms with Crippen molar-refractivity contribution in [3.63, 3.8) is 0 Å². The van der Waals surface area contributed by atoms with Gasteiger partial charge in [0.25, 0.3) is 0 Å². The minimum Gasteiger partial charge on any atom is -0.412 e. The van der Waals surface area contributed by atoms with Gasteiger partial charge in [-0.15, -0.1) is 0 Å². The Bertz CT molecular complexity index is 504. The van der Waals surface area contributed by atoms with Crippen molar-refractivity contribution in [3.05, 3.63) is 30.6 Å². The first kappa shape index (κ1) is 45.5. The van der Waals surface area contributed by atoms with Crippen molar-refractivity contribution in [1.82, 2.24) is 21.3 Å². The summed E-state index contributed by atoms with van der Waals surface area (Å²) in [5.74, 6) is 0. The summed E-state index contributed by atoms with van der Waals surface area (Å²) >= 11 is 0. The number of hydrogen-bond acceptors (Lipinski definition) is 10. The van der Waals surface area contributed by atoms with Crippen LogP contribution in [0.25, 0.3) is 0 Å². The Morgan fingerprint density at radius 2 is 0.784 bits per heavy atom. The molecule has 3 rings (SSSR count). The molecule has 2 saturated carbocycles. The minimum absolute atomic E-state index is 0. The van der Waals surface area contributed by atoms with Gasteiger partial charge in [-0.05, 0) is 65.5 Å². The van der Waals surface area contributed by atoms with Gasteiger partial charge in [0.05, 0.1) is 10.2 Å². The van der Waals surface area contributed by atoms with Crippen LogP contribution in [0.2, 0.25) is 0 Å². The van der Waals surface area contributed by atoms with Crippen molar-refractivity contribution in [1.29, 1.82) is 0 Å². The number of hydrogen-bond donors (Lipinski definition) is 4. The van der Waals surface area contributed by atoms with Gasteiger partial charge in [-0.3, -0.25) is 0 Å². The molecular weight excluding hydrogens is 548 g/mol. The molecule has 6 atom stereocenters. The van der Waals surface area contributed by atoms with Gasteiger partial charge in [-0.1, -0.05) is 25.7 Å². The first-order valence-electron chi connectivity index (χ1n) is 11.8. The fourth-order valence-electron chi connectivity index (χ4n) is 5.02. The van der Waals surface area contributed by atoms with Crippen molar-refractivity contribution in [2.75, 3.05) is 13.1 Å². The van der Waals surface area contributed by atoms with Gasteiger partial charge in [0.1, 0.15) is 0 Å². The summed E-state index contributed by atoms with van der Waals surface area (Å²) in [4.78, 5) is 16.5. The predicted octanol–water partition coefficient (Wildman–Crippen LogP) is -1.24. The van der Waals surface area contributed by atoms with E-state index >= 15 is 0 Å². The zero-order valence-corrected chi connectivity index (χ0v) is 22.5. The van der Waals surface area contributed by atoms with Crippen LogP contribution in [-0.4, -0.2) is 81.4 Å². The Kier molecular flexibility index (Phi) is 32.2. The summed E-state index contributed by atoms with van der Waals surface area (Å²) in [5.41, 5.74) is 0. The maximum Gasteiger partial charge on any atom is 2.00 e. The normalized spacial score (nSPS) is 29.4. The third kappa shape index (κ3) is 22.3. The molecule has 0 spiro atoms. The second-order valence-electron chi connectivity index (χ2n) is 9.06. The first-order chi connectivity index (χ1) is 15.2. The molecule has 17 heteroatoms. The summed E-state index contributed by atoms with van der Waals surface area (Å²) in [7, 11) is 0. The smallest absolute Gasteiger partial charge is 0.412 e. The van der Waals surface area contributed by atoms with Crippen molar-refractivity contribution in [3.8, 4) is 0 Å². The standard InChI is InChI=1S/C20H40N4.Cu.2NO3.4H2O/c1-15-11-13-21-18-8-4-6-10-20(18)24-16(2)12-14-22-17-7-3-5-9-19(17)23-15;;2*2-1(3)4;;;;/h15-24H,3-14H2,1-2H3;;;;4*1H2/q;+2;2*-1;;;;/t15-,16+,17-,18+,19-,20+;;;;;;;. The number of nitrogens with zero attached hydrogens (tertiary/aromatic N) is 2. The van der Waals surface area contributed by atoms with Gasteiger partial charge in [-0.25, -0.2) is 0 Å². The topological polar surface area (TPSA) is 307 Å². The quantitative estimate of drug-likeness (QED) is 0.146. The third-order valence-corrected chi connectivity index (χ3v) is 6.50. The zero-order valence-electron chi connectivity index (χ0n) is 21.6. The molecule has 0 aromatic heterocycles. The molecular formula is C20H48CuN6O10. The molecule has 16 nitrogen and oxygen atoms in total. The molecule has 0 amide bonds. The van der Waals surface area contributed by atoms with Crippen LogP contribution >= 0.6 is 0 Å². The number of nitrogens with one attached hydrogen (secondary N) is 4. The monoisotopic (exact) mass is 595 g/mol. The van der Waals surface area contributed by atoms with Crippen LogP contribution in [0.15, 0.2) is 0 Å². The van der Waals surface area contributed by atoms with Gasteiger partial charge < -0.3 is 73.8 Å². The molecule has 12 N–H and O–H groups in total. The van der Waals surface area contributed by atoms with Gasteiger partial charge in [-0.2, -0.15) is 0 Å². The second-order valence-corrected chi connectivity index (χ2v) is 9.06. The third-order valence-electron chi connectivity index (χ3n) is 6.50. The molecule has 1 saturated heterocycles.